The van der Waals surface area contributed by atoms with Crippen molar-refractivity contribution in [3.05, 3.63) is 33.3 Å². The van der Waals surface area contributed by atoms with Crippen molar-refractivity contribution in [3.63, 3.8) is 0 Å². The summed E-state index contributed by atoms with van der Waals surface area (Å²) in [6.45, 7) is 5.91. The van der Waals surface area contributed by atoms with Gasteiger partial charge in [0.05, 0.1) is 0 Å². The van der Waals surface area contributed by atoms with Crippen molar-refractivity contribution in [2.75, 3.05) is 6.54 Å². The zero-order valence-corrected chi connectivity index (χ0v) is 11.7. The van der Waals surface area contributed by atoms with E-state index < -0.39 is 0 Å². The van der Waals surface area contributed by atoms with Crippen molar-refractivity contribution < 1.29 is 0 Å². The largest absolute Gasteiger partial charge is 0.329 e. The lowest BCUT2D eigenvalue weighted by Crippen LogP contribution is -2.34. The zero-order valence-electron chi connectivity index (χ0n) is 10.2. The highest BCUT2D eigenvalue weighted by atomic mass is 35.5. The van der Waals surface area contributed by atoms with Crippen molar-refractivity contribution in [3.8, 4) is 0 Å². The van der Waals surface area contributed by atoms with E-state index in [1.165, 1.54) is 11.1 Å². The van der Waals surface area contributed by atoms with E-state index in [0.717, 1.165) is 18.0 Å². The van der Waals surface area contributed by atoms with Gasteiger partial charge in [-0.05, 0) is 36.6 Å². The predicted molar refractivity (Wildman–Crippen MR) is 73.6 cm³/mol. The van der Waals surface area contributed by atoms with Crippen LogP contribution in [0.2, 0.25) is 10.0 Å². The van der Waals surface area contributed by atoms with Gasteiger partial charge in [0.2, 0.25) is 0 Å². The first kappa shape index (κ1) is 13.2. The second-order valence-electron chi connectivity index (χ2n) is 4.64. The molecule has 17 heavy (non-hydrogen) atoms. The number of fused-ring (bicyclic) bond motifs is 1. The number of nitrogens with zero attached hydrogens (tertiary/aromatic N) is 1. The molecule has 1 aliphatic rings. The molecule has 94 valence electrons. The monoisotopic (exact) mass is 272 g/mol. The Morgan fingerprint density at radius 1 is 1.47 bits per heavy atom. The summed E-state index contributed by atoms with van der Waals surface area (Å²) < 4.78 is 0. The summed E-state index contributed by atoms with van der Waals surface area (Å²) in [7, 11) is 0. The lowest BCUT2D eigenvalue weighted by atomic mass is 10.0. The van der Waals surface area contributed by atoms with Crippen molar-refractivity contribution in [2.45, 2.75) is 38.9 Å². The van der Waals surface area contributed by atoms with Crippen LogP contribution in [0.5, 0.6) is 0 Å². The summed E-state index contributed by atoms with van der Waals surface area (Å²) >= 11 is 12.3. The Hall–Kier alpha value is -0.280. The van der Waals surface area contributed by atoms with Crippen LogP contribution < -0.4 is 5.73 Å². The van der Waals surface area contributed by atoms with Crippen LogP contribution in [0.1, 0.15) is 37.4 Å². The van der Waals surface area contributed by atoms with E-state index in [1.54, 1.807) is 0 Å². The average Bonchev–Trinajstić information content (AvgIpc) is 2.66. The van der Waals surface area contributed by atoms with Gasteiger partial charge in [0.15, 0.2) is 0 Å². The molecule has 2 unspecified atom stereocenters. The third kappa shape index (κ3) is 2.32. The zero-order chi connectivity index (χ0) is 12.6. The lowest BCUT2D eigenvalue weighted by Gasteiger charge is -2.29. The average molecular weight is 273 g/mol. The number of halogens is 2. The fraction of sp³-hybridized carbons (Fsp3) is 0.538. The summed E-state index contributed by atoms with van der Waals surface area (Å²) in [6, 6.07) is 4.55. The van der Waals surface area contributed by atoms with Gasteiger partial charge in [0.25, 0.3) is 0 Å². The molecule has 0 amide bonds. The van der Waals surface area contributed by atoms with Gasteiger partial charge in [-0.1, -0.05) is 30.1 Å². The van der Waals surface area contributed by atoms with Crippen LogP contribution in [0.4, 0.5) is 0 Å². The number of nitrogens with two attached hydrogens (primary N) is 1. The molecule has 0 saturated carbocycles. The van der Waals surface area contributed by atoms with E-state index >= 15 is 0 Å². The molecule has 2 nitrogen and oxygen atoms in total. The van der Waals surface area contributed by atoms with Gasteiger partial charge in [-0.2, -0.15) is 0 Å². The molecule has 0 saturated heterocycles. The minimum atomic E-state index is 0.227. The van der Waals surface area contributed by atoms with Gasteiger partial charge >= 0.3 is 0 Å². The normalized spacial score (nSPS) is 21.6. The summed E-state index contributed by atoms with van der Waals surface area (Å²) in [5, 5.41) is 1.45. The van der Waals surface area contributed by atoms with Gasteiger partial charge in [-0.3, -0.25) is 4.90 Å². The Labute approximate surface area is 113 Å². The number of hydrogen-bond donors (Lipinski definition) is 1. The molecule has 2 atom stereocenters. The lowest BCUT2D eigenvalue weighted by molar-refractivity contribution is 0.157. The second-order valence-corrected chi connectivity index (χ2v) is 5.49. The third-order valence-corrected chi connectivity index (χ3v) is 4.18. The number of benzene rings is 1. The summed E-state index contributed by atoms with van der Waals surface area (Å²) in [4.78, 5) is 2.41. The molecule has 1 heterocycles. The quantitative estimate of drug-likeness (QED) is 0.911. The standard InChI is InChI=1S/C13H18Cl2N2/c1-3-8(2)17-7-9-4-10(14)5-11(15)13(9)12(17)6-16/h4-5,8,12H,3,6-7,16H2,1-2H3. The van der Waals surface area contributed by atoms with Crippen molar-refractivity contribution >= 4 is 23.2 Å². The highest BCUT2D eigenvalue weighted by Crippen LogP contribution is 2.40. The fourth-order valence-electron chi connectivity index (χ4n) is 2.57. The molecule has 0 fully saturated rings. The molecule has 2 N–H and O–H groups in total. The third-order valence-electron chi connectivity index (χ3n) is 3.65. The molecule has 1 aromatic rings. The highest BCUT2D eigenvalue weighted by molar-refractivity contribution is 6.35. The van der Waals surface area contributed by atoms with E-state index in [1.807, 2.05) is 12.1 Å². The molecule has 0 spiro atoms. The number of hydrogen-bond acceptors (Lipinski definition) is 2. The van der Waals surface area contributed by atoms with Crippen LogP contribution >= 0.6 is 23.2 Å². The van der Waals surface area contributed by atoms with Crippen LogP contribution in [-0.2, 0) is 6.54 Å². The minimum absolute atomic E-state index is 0.227. The Kier molecular flexibility index (Phi) is 3.99. The first-order chi connectivity index (χ1) is 8.08. The minimum Gasteiger partial charge on any atom is -0.329 e. The molecule has 1 aromatic carbocycles. The van der Waals surface area contributed by atoms with Crippen LogP contribution in [0, 0.1) is 0 Å². The summed E-state index contributed by atoms with van der Waals surface area (Å²) in [5.41, 5.74) is 8.29. The van der Waals surface area contributed by atoms with Crippen molar-refractivity contribution in [1.82, 2.24) is 4.90 Å². The molecule has 1 aliphatic heterocycles. The first-order valence-electron chi connectivity index (χ1n) is 6.02. The SMILES string of the molecule is CCC(C)N1Cc2cc(Cl)cc(Cl)c2C1CN. The van der Waals surface area contributed by atoms with Crippen LogP contribution in [-0.4, -0.2) is 17.5 Å². The van der Waals surface area contributed by atoms with E-state index in [9.17, 15) is 0 Å². The molecular formula is C13H18Cl2N2. The van der Waals surface area contributed by atoms with E-state index in [-0.39, 0.29) is 6.04 Å². The van der Waals surface area contributed by atoms with Gasteiger partial charge < -0.3 is 5.73 Å². The first-order valence-corrected chi connectivity index (χ1v) is 6.77. The van der Waals surface area contributed by atoms with E-state index in [0.29, 0.717) is 17.6 Å². The van der Waals surface area contributed by atoms with E-state index in [4.69, 9.17) is 28.9 Å². The molecule has 4 heteroatoms. The Balaban J connectivity index is 2.41. The van der Waals surface area contributed by atoms with Gasteiger partial charge in [-0.15, -0.1) is 0 Å². The molecule has 0 radical (unpaired) electrons. The molecule has 0 aromatic heterocycles. The van der Waals surface area contributed by atoms with Gasteiger partial charge in [-0.25, -0.2) is 0 Å². The Morgan fingerprint density at radius 2 is 2.18 bits per heavy atom. The van der Waals surface area contributed by atoms with Gasteiger partial charge in [0, 0.05) is 35.2 Å². The van der Waals surface area contributed by atoms with Crippen LogP contribution in [0.15, 0.2) is 12.1 Å². The van der Waals surface area contributed by atoms with Crippen molar-refractivity contribution in [1.29, 1.82) is 0 Å². The molecule has 0 aliphatic carbocycles. The summed E-state index contributed by atoms with van der Waals surface area (Å²) in [6.07, 6.45) is 1.11. The molecule has 0 bridgehead atoms. The Bertz CT molecular complexity index is 420. The fourth-order valence-corrected chi connectivity index (χ4v) is 3.23. The second kappa shape index (κ2) is 5.15. The smallest absolute Gasteiger partial charge is 0.0494 e. The van der Waals surface area contributed by atoms with Crippen LogP contribution in [0.3, 0.4) is 0 Å². The molecule has 2 rings (SSSR count). The predicted octanol–water partition coefficient (Wildman–Crippen LogP) is 3.61. The topological polar surface area (TPSA) is 29.3 Å². The van der Waals surface area contributed by atoms with Gasteiger partial charge in [0.1, 0.15) is 0 Å². The number of rotatable bonds is 3. The molecular weight excluding hydrogens is 255 g/mol. The maximum atomic E-state index is 6.29. The maximum Gasteiger partial charge on any atom is 0.0494 e. The Morgan fingerprint density at radius 3 is 2.76 bits per heavy atom. The maximum absolute atomic E-state index is 6.29. The summed E-state index contributed by atoms with van der Waals surface area (Å²) in [5.74, 6) is 0. The highest BCUT2D eigenvalue weighted by Gasteiger charge is 2.33. The van der Waals surface area contributed by atoms with Crippen LogP contribution in [0.25, 0.3) is 0 Å². The van der Waals surface area contributed by atoms with Crippen molar-refractivity contribution in [2.24, 2.45) is 5.73 Å². The van der Waals surface area contributed by atoms with E-state index in [2.05, 4.69) is 18.7 Å².